The summed E-state index contributed by atoms with van der Waals surface area (Å²) >= 11 is 1.68. The number of anilines is 1. The fourth-order valence-electron chi connectivity index (χ4n) is 2.88. The maximum Gasteiger partial charge on any atom is 0.165 e. The van der Waals surface area contributed by atoms with Gasteiger partial charge in [0.2, 0.25) is 0 Å². The van der Waals surface area contributed by atoms with Gasteiger partial charge in [-0.2, -0.15) is 21.0 Å². The van der Waals surface area contributed by atoms with Crippen molar-refractivity contribution in [1.29, 1.82) is 0 Å². The maximum atomic E-state index is 4.52. The van der Waals surface area contributed by atoms with Crippen molar-refractivity contribution in [3.05, 3.63) is 70.2 Å². The Morgan fingerprint density at radius 3 is 2.88 bits per heavy atom. The van der Waals surface area contributed by atoms with Gasteiger partial charge in [0.1, 0.15) is 5.82 Å². The van der Waals surface area contributed by atoms with E-state index in [9.17, 15) is 0 Å². The predicted molar refractivity (Wildman–Crippen MR) is 99.5 cm³/mol. The first kappa shape index (κ1) is 14.9. The highest BCUT2D eigenvalue weighted by molar-refractivity contribution is 7.08. The van der Waals surface area contributed by atoms with Crippen LogP contribution in [0, 0.1) is 13.8 Å². The van der Waals surface area contributed by atoms with Crippen LogP contribution in [0.25, 0.3) is 16.8 Å². The number of rotatable bonds is 4. The number of nitrogens with one attached hydrogen (secondary N) is 1. The van der Waals surface area contributed by atoms with Gasteiger partial charge in [-0.25, -0.2) is 4.98 Å². The third-order valence-corrected chi connectivity index (χ3v) is 4.87. The summed E-state index contributed by atoms with van der Waals surface area (Å²) in [6, 6.07) is 10.6. The van der Waals surface area contributed by atoms with Gasteiger partial charge >= 0.3 is 0 Å². The van der Waals surface area contributed by atoms with Gasteiger partial charge in [-0.1, -0.05) is 23.8 Å². The molecule has 0 amide bonds. The number of hydrogen-bond acceptors (Lipinski definition) is 4. The first-order valence-electron chi connectivity index (χ1n) is 7.88. The summed E-state index contributed by atoms with van der Waals surface area (Å²) in [5, 5.41) is 12.2. The van der Waals surface area contributed by atoms with Crippen molar-refractivity contribution in [1.82, 2.24) is 14.6 Å². The molecule has 0 atom stereocenters. The normalized spacial score (nSPS) is 11.1. The highest BCUT2D eigenvalue weighted by Crippen LogP contribution is 2.26. The lowest BCUT2D eigenvalue weighted by Gasteiger charge is -2.11. The zero-order chi connectivity index (χ0) is 16.5. The lowest BCUT2D eigenvalue weighted by atomic mass is 10.1. The molecule has 0 fully saturated rings. The molecule has 120 valence electrons. The smallest absolute Gasteiger partial charge is 0.165 e. The van der Waals surface area contributed by atoms with Gasteiger partial charge in [-0.05, 0) is 53.4 Å². The SMILES string of the molecule is Cc1ccc(CNc2ccnc3c(-c4ccsc4)cnn23)c(C)c1. The van der Waals surface area contributed by atoms with Crippen LogP contribution in [0.1, 0.15) is 16.7 Å². The number of hydrogen-bond donors (Lipinski definition) is 1. The van der Waals surface area contributed by atoms with Crippen LogP contribution < -0.4 is 5.32 Å². The second kappa shape index (κ2) is 6.09. The van der Waals surface area contributed by atoms with Crippen LogP contribution in [0.3, 0.4) is 0 Å². The fraction of sp³-hybridized carbons (Fsp3) is 0.158. The zero-order valence-corrected chi connectivity index (χ0v) is 14.5. The average Bonchev–Trinajstić information content (AvgIpc) is 3.23. The third-order valence-electron chi connectivity index (χ3n) is 4.19. The van der Waals surface area contributed by atoms with Crippen LogP contribution in [0.4, 0.5) is 5.82 Å². The number of thiophene rings is 1. The number of benzene rings is 1. The van der Waals surface area contributed by atoms with Crippen molar-refractivity contribution < 1.29 is 0 Å². The molecule has 4 nitrogen and oxygen atoms in total. The minimum absolute atomic E-state index is 0.763. The van der Waals surface area contributed by atoms with E-state index in [0.29, 0.717) is 0 Å². The summed E-state index contributed by atoms with van der Waals surface area (Å²) in [6.45, 7) is 5.03. The Morgan fingerprint density at radius 2 is 2.08 bits per heavy atom. The lowest BCUT2D eigenvalue weighted by molar-refractivity contribution is 0.923. The van der Waals surface area contributed by atoms with Crippen LogP contribution in [0.5, 0.6) is 0 Å². The van der Waals surface area contributed by atoms with E-state index in [0.717, 1.165) is 29.1 Å². The molecule has 0 unspecified atom stereocenters. The molecule has 0 radical (unpaired) electrons. The first-order chi connectivity index (χ1) is 11.7. The van der Waals surface area contributed by atoms with Crippen LogP contribution in [-0.2, 0) is 6.54 Å². The number of fused-ring (bicyclic) bond motifs is 1. The molecule has 0 aliphatic rings. The highest BCUT2D eigenvalue weighted by Gasteiger charge is 2.11. The van der Waals surface area contributed by atoms with Crippen molar-refractivity contribution in [3.8, 4) is 11.1 Å². The monoisotopic (exact) mass is 334 g/mol. The zero-order valence-electron chi connectivity index (χ0n) is 13.7. The molecule has 0 aliphatic carbocycles. The van der Waals surface area contributed by atoms with Crippen LogP contribution in [-0.4, -0.2) is 14.6 Å². The summed E-state index contributed by atoms with van der Waals surface area (Å²) in [4.78, 5) is 4.51. The van der Waals surface area contributed by atoms with E-state index in [1.807, 2.05) is 23.0 Å². The van der Waals surface area contributed by atoms with Gasteiger partial charge in [-0.15, -0.1) is 0 Å². The molecule has 0 saturated carbocycles. The summed E-state index contributed by atoms with van der Waals surface area (Å²) in [6.07, 6.45) is 3.71. The quantitative estimate of drug-likeness (QED) is 0.589. The second-order valence-electron chi connectivity index (χ2n) is 5.92. The van der Waals surface area contributed by atoms with Gasteiger partial charge in [0.25, 0.3) is 0 Å². The Kier molecular flexibility index (Phi) is 3.78. The molecule has 3 heterocycles. The van der Waals surface area contributed by atoms with E-state index >= 15 is 0 Å². The predicted octanol–water partition coefficient (Wildman–Crippen LogP) is 4.69. The summed E-state index contributed by atoms with van der Waals surface area (Å²) in [7, 11) is 0. The molecule has 5 heteroatoms. The van der Waals surface area contributed by atoms with Crippen molar-refractivity contribution in [2.45, 2.75) is 20.4 Å². The van der Waals surface area contributed by atoms with E-state index < -0.39 is 0 Å². The summed E-state index contributed by atoms with van der Waals surface area (Å²) in [5.74, 6) is 0.946. The number of nitrogens with zero attached hydrogens (tertiary/aromatic N) is 3. The molecule has 4 rings (SSSR count). The lowest BCUT2D eigenvalue weighted by Crippen LogP contribution is -2.06. The van der Waals surface area contributed by atoms with Gasteiger partial charge in [0.15, 0.2) is 5.65 Å². The molecule has 1 N–H and O–H groups in total. The van der Waals surface area contributed by atoms with E-state index in [-0.39, 0.29) is 0 Å². The third kappa shape index (κ3) is 2.67. The van der Waals surface area contributed by atoms with Gasteiger partial charge in [0, 0.05) is 18.3 Å². The van der Waals surface area contributed by atoms with E-state index in [1.54, 1.807) is 11.3 Å². The van der Waals surface area contributed by atoms with E-state index in [1.165, 1.54) is 16.7 Å². The largest absolute Gasteiger partial charge is 0.366 e. The van der Waals surface area contributed by atoms with Crippen molar-refractivity contribution in [2.75, 3.05) is 5.32 Å². The molecule has 0 bridgehead atoms. The summed E-state index contributed by atoms with van der Waals surface area (Å²) in [5.41, 5.74) is 6.97. The Labute approximate surface area is 144 Å². The van der Waals surface area contributed by atoms with E-state index in [2.05, 4.69) is 64.3 Å². The Balaban J connectivity index is 1.65. The van der Waals surface area contributed by atoms with Crippen molar-refractivity contribution >= 4 is 22.8 Å². The minimum Gasteiger partial charge on any atom is -0.366 e. The molecule has 24 heavy (non-hydrogen) atoms. The molecule has 3 aromatic heterocycles. The Bertz CT molecular complexity index is 986. The molecule has 0 spiro atoms. The van der Waals surface area contributed by atoms with Crippen molar-refractivity contribution in [3.63, 3.8) is 0 Å². The van der Waals surface area contributed by atoms with Gasteiger partial charge < -0.3 is 5.32 Å². The number of aromatic nitrogens is 3. The Morgan fingerprint density at radius 1 is 1.17 bits per heavy atom. The standard InChI is InChI=1S/C19H18N4S/c1-13-3-4-15(14(2)9-13)10-21-18-5-7-20-19-17(11-22-23(18)19)16-6-8-24-12-16/h3-9,11-12,21H,10H2,1-2H3. The topological polar surface area (TPSA) is 42.2 Å². The Hall–Kier alpha value is -2.66. The van der Waals surface area contributed by atoms with Crippen LogP contribution in [0.15, 0.2) is 53.5 Å². The second-order valence-corrected chi connectivity index (χ2v) is 6.70. The summed E-state index contributed by atoms with van der Waals surface area (Å²) < 4.78 is 1.87. The van der Waals surface area contributed by atoms with Gasteiger partial charge in [-0.3, -0.25) is 0 Å². The minimum atomic E-state index is 0.763. The molecule has 0 aliphatic heterocycles. The van der Waals surface area contributed by atoms with Crippen molar-refractivity contribution in [2.24, 2.45) is 0 Å². The molecule has 0 saturated heterocycles. The maximum absolute atomic E-state index is 4.52. The fourth-order valence-corrected chi connectivity index (χ4v) is 3.53. The number of aryl methyl sites for hydroxylation is 2. The van der Waals surface area contributed by atoms with E-state index in [4.69, 9.17) is 0 Å². The average molecular weight is 334 g/mol. The molecule has 4 aromatic rings. The molecule has 1 aromatic carbocycles. The molecular formula is C19H18N4S. The van der Waals surface area contributed by atoms with Crippen LogP contribution in [0.2, 0.25) is 0 Å². The molecular weight excluding hydrogens is 316 g/mol. The van der Waals surface area contributed by atoms with Crippen LogP contribution >= 0.6 is 11.3 Å². The van der Waals surface area contributed by atoms with Gasteiger partial charge in [0.05, 0.1) is 6.20 Å². The highest BCUT2D eigenvalue weighted by atomic mass is 32.1. The first-order valence-corrected chi connectivity index (χ1v) is 8.82.